The van der Waals surface area contributed by atoms with E-state index in [1.807, 2.05) is 24.1 Å². The minimum Gasteiger partial charge on any atom is -0.389 e. The number of hydrogen-bond acceptors (Lipinski definition) is 2. The third kappa shape index (κ3) is 2.99. The first-order chi connectivity index (χ1) is 9.52. The summed E-state index contributed by atoms with van der Waals surface area (Å²) in [4.78, 5) is 1.96. The monoisotopic (exact) mass is 273 g/mol. The summed E-state index contributed by atoms with van der Waals surface area (Å²) in [6.45, 7) is 3.76. The topological polar surface area (TPSA) is 23.5 Å². The van der Waals surface area contributed by atoms with Gasteiger partial charge < -0.3 is 10.0 Å². The molecule has 1 unspecified atom stereocenters. The third-order valence-corrected chi connectivity index (χ3v) is 3.53. The van der Waals surface area contributed by atoms with Gasteiger partial charge in [-0.25, -0.2) is 4.39 Å². The molecule has 0 aliphatic carbocycles. The molecule has 20 heavy (non-hydrogen) atoms. The summed E-state index contributed by atoms with van der Waals surface area (Å²) in [5, 5.41) is 9.81. The van der Waals surface area contributed by atoms with Gasteiger partial charge in [-0.2, -0.15) is 0 Å². The molecule has 0 aromatic heterocycles. The van der Waals surface area contributed by atoms with Crippen LogP contribution in [0.1, 0.15) is 31.1 Å². The van der Waals surface area contributed by atoms with E-state index in [2.05, 4.69) is 19.1 Å². The molecule has 1 atom stereocenters. The Morgan fingerprint density at radius 3 is 2.35 bits per heavy atom. The lowest BCUT2D eigenvalue weighted by molar-refractivity contribution is 0.199. The zero-order valence-electron chi connectivity index (χ0n) is 12.1. The van der Waals surface area contributed by atoms with Crippen LogP contribution in [-0.4, -0.2) is 12.2 Å². The van der Waals surface area contributed by atoms with Crippen LogP contribution >= 0.6 is 0 Å². The van der Waals surface area contributed by atoms with Crippen molar-refractivity contribution in [3.05, 3.63) is 59.4 Å². The molecule has 2 nitrogen and oxygen atoms in total. The van der Waals surface area contributed by atoms with E-state index in [1.54, 1.807) is 13.0 Å². The van der Waals surface area contributed by atoms with Crippen molar-refractivity contribution in [2.24, 2.45) is 0 Å². The molecule has 106 valence electrons. The van der Waals surface area contributed by atoms with E-state index in [9.17, 15) is 9.50 Å². The Labute approximate surface area is 119 Å². The van der Waals surface area contributed by atoms with E-state index in [0.29, 0.717) is 5.56 Å². The molecule has 0 bridgehead atoms. The van der Waals surface area contributed by atoms with E-state index in [4.69, 9.17) is 0 Å². The first-order valence-electron chi connectivity index (χ1n) is 6.83. The largest absolute Gasteiger partial charge is 0.389 e. The van der Waals surface area contributed by atoms with Gasteiger partial charge in [0.25, 0.3) is 0 Å². The number of hydrogen-bond donors (Lipinski definition) is 1. The molecule has 0 saturated carbocycles. The zero-order chi connectivity index (χ0) is 14.7. The number of nitrogens with zero attached hydrogens (tertiary/aromatic N) is 1. The van der Waals surface area contributed by atoms with Gasteiger partial charge in [0.05, 0.1) is 6.10 Å². The van der Waals surface area contributed by atoms with E-state index in [-0.39, 0.29) is 5.82 Å². The molecule has 0 heterocycles. The number of halogens is 1. The molecule has 1 N–H and O–H groups in total. The number of aliphatic hydroxyl groups is 1. The molecular formula is C17H20FNO. The molecule has 2 aromatic carbocycles. The van der Waals surface area contributed by atoms with Gasteiger partial charge in [0, 0.05) is 24.0 Å². The second-order valence-corrected chi connectivity index (χ2v) is 4.96. The lowest BCUT2D eigenvalue weighted by atomic mass is 10.1. The maximum Gasteiger partial charge on any atom is 0.123 e. The fourth-order valence-electron chi connectivity index (χ4n) is 2.26. The van der Waals surface area contributed by atoms with Crippen LogP contribution < -0.4 is 4.90 Å². The van der Waals surface area contributed by atoms with Crippen LogP contribution in [0.5, 0.6) is 0 Å². The minimum absolute atomic E-state index is 0.334. The Morgan fingerprint density at radius 2 is 1.80 bits per heavy atom. The van der Waals surface area contributed by atoms with Gasteiger partial charge in [-0.3, -0.25) is 0 Å². The van der Waals surface area contributed by atoms with Gasteiger partial charge in [-0.1, -0.05) is 19.1 Å². The second kappa shape index (κ2) is 6.06. The molecule has 0 fully saturated rings. The maximum absolute atomic E-state index is 13.3. The van der Waals surface area contributed by atoms with E-state index in [1.165, 1.54) is 17.7 Å². The Balaban J connectivity index is 2.39. The van der Waals surface area contributed by atoms with Crippen LogP contribution in [0.3, 0.4) is 0 Å². The van der Waals surface area contributed by atoms with Crippen molar-refractivity contribution < 1.29 is 9.50 Å². The van der Waals surface area contributed by atoms with Crippen molar-refractivity contribution in [2.45, 2.75) is 26.4 Å². The van der Waals surface area contributed by atoms with Crippen molar-refractivity contribution in [3.8, 4) is 0 Å². The van der Waals surface area contributed by atoms with Crippen LogP contribution in [0.4, 0.5) is 15.8 Å². The zero-order valence-corrected chi connectivity index (χ0v) is 12.1. The van der Waals surface area contributed by atoms with Crippen LogP contribution in [0.2, 0.25) is 0 Å². The summed E-state index contributed by atoms with van der Waals surface area (Å²) in [5.74, 6) is -0.334. The normalized spacial score (nSPS) is 12.2. The average molecular weight is 273 g/mol. The SMILES string of the molecule is CCc1ccc(N(C)c2ccc(F)cc2C(C)O)cc1. The molecular weight excluding hydrogens is 253 g/mol. The number of aryl methyl sites for hydroxylation is 1. The quantitative estimate of drug-likeness (QED) is 0.902. The summed E-state index contributed by atoms with van der Waals surface area (Å²) in [5.41, 5.74) is 3.69. The summed E-state index contributed by atoms with van der Waals surface area (Å²) in [7, 11) is 1.92. The molecule has 0 radical (unpaired) electrons. The summed E-state index contributed by atoms with van der Waals surface area (Å²) in [6, 6.07) is 12.7. The molecule has 0 amide bonds. The molecule has 0 spiro atoms. The number of benzene rings is 2. The lowest BCUT2D eigenvalue weighted by Gasteiger charge is -2.24. The van der Waals surface area contributed by atoms with Gasteiger partial charge in [-0.05, 0) is 49.2 Å². The molecule has 0 aliphatic heterocycles. The highest BCUT2D eigenvalue weighted by atomic mass is 19.1. The van der Waals surface area contributed by atoms with Crippen LogP contribution in [0, 0.1) is 5.82 Å². The number of aliphatic hydroxyl groups excluding tert-OH is 1. The van der Waals surface area contributed by atoms with Gasteiger partial charge >= 0.3 is 0 Å². The predicted molar refractivity (Wildman–Crippen MR) is 80.9 cm³/mol. The highest BCUT2D eigenvalue weighted by Crippen LogP contribution is 2.31. The van der Waals surface area contributed by atoms with Crippen molar-refractivity contribution >= 4 is 11.4 Å². The van der Waals surface area contributed by atoms with Gasteiger partial charge in [-0.15, -0.1) is 0 Å². The lowest BCUT2D eigenvalue weighted by Crippen LogP contribution is -2.13. The smallest absolute Gasteiger partial charge is 0.123 e. The molecule has 0 saturated heterocycles. The Kier molecular flexibility index (Phi) is 4.40. The highest BCUT2D eigenvalue weighted by Gasteiger charge is 2.14. The second-order valence-electron chi connectivity index (χ2n) is 4.96. The summed E-state index contributed by atoms with van der Waals surface area (Å²) >= 11 is 0. The summed E-state index contributed by atoms with van der Waals surface area (Å²) < 4.78 is 13.3. The van der Waals surface area contributed by atoms with Gasteiger partial charge in [0.2, 0.25) is 0 Å². The Bertz CT molecular complexity index is 578. The molecule has 2 aromatic rings. The molecule has 3 heteroatoms. The fraction of sp³-hybridized carbons (Fsp3) is 0.294. The van der Waals surface area contributed by atoms with Gasteiger partial charge in [0.15, 0.2) is 0 Å². The highest BCUT2D eigenvalue weighted by molar-refractivity contribution is 5.66. The van der Waals surface area contributed by atoms with Crippen LogP contribution in [0.15, 0.2) is 42.5 Å². The van der Waals surface area contributed by atoms with E-state index in [0.717, 1.165) is 17.8 Å². The van der Waals surface area contributed by atoms with Crippen LogP contribution in [-0.2, 0) is 6.42 Å². The number of anilines is 2. The van der Waals surface area contributed by atoms with Crippen molar-refractivity contribution in [1.29, 1.82) is 0 Å². The van der Waals surface area contributed by atoms with E-state index >= 15 is 0 Å². The van der Waals surface area contributed by atoms with Crippen molar-refractivity contribution in [2.75, 3.05) is 11.9 Å². The first kappa shape index (κ1) is 14.5. The first-order valence-corrected chi connectivity index (χ1v) is 6.83. The maximum atomic E-state index is 13.3. The van der Waals surface area contributed by atoms with Crippen molar-refractivity contribution in [3.63, 3.8) is 0 Å². The van der Waals surface area contributed by atoms with Crippen LogP contribution in [0.25, 0.3) is 0 Å². The summed E-state index contributed by atoms with van der Waals surface area (Å²) in [6.07, 6.45) is 0.289. The molecule has 2 rings (SSSR count). The van der Waals surface area contributed by atoms with E-state index < -0.39 is 6.10 Å². The number of rotatable bonds is 4. The standard InChI is InChI=1S/C17H20FNO/c1-4-13-5-8-15(9-6-13)19(3)17-10-7-14(18)11-16(17)12(2)20/h5-12,20H,4H2,1-3H3. The fourth-order valence-corrected chi connectivity index (χ4v) is 2.26. The Hall–Kier alpha value is -1.87. The average Bonchev–Trinajstić information content (AvgIpc) is 2.46. The van der Waals surface area contributed by atoms with Gasteiger partial charge in [0.1, 0.15) is 5.82 Å². The Morgan fingerprint density at radius 1 is 1.15 bits per heavy atom. The molecule has 0 aliphatic rings. The minimum atomic E-state index is -0.710. The predicted octanol–water partition coefficient (Wildman–Crippen LogP) is 4.21. The third-order valence-electron chi connectivity index (χ3n) is 3.53. The van der Waals surface area contributed by atoms with Crippen molar-refractivity contribution in [1.82, 2.24) is 0 Å².